The van der Waals surface area contributed by atoms with Crippen LogP contribution >= 0.6 is 67.8 Å². The number of hydrogen-bond donors (Lipinski definition) is 2. The highest BCUT2D eigenvalue weighted by Gasteiger charge is 2.28. The van der Waals surface area contributed by atoms with Gasteiger partial charge in [-0.15, -0.1) is 0 Å². The van der Waals surface area contributed by atoms with Crippen LogP contribution in [0.15, 0.2) is 12.1 Å². The molecule has 0 aliphatic rings. The zero-order chi connectivity index (χ0) is 14.8. The van der Waals surface area contributed by atoms with Gasteiger partial charge in [0.15, 0.2) is 0 Å². The first-order valence-corrected chi connectivity index (χ1v) is 8.55. The number of nitrogens with one attached hydrogen (secondary N) is 1. The number of carbonyl (C=O) groups excluding carboxylic acids is 1. The smallest absolute Gasteiger partial charge is 0.310 e. The normalized spacial score (nSPS) is 11.2. The molecule has 19 heavy (non-hydrogen) atoms. The SMILES string of the molecule is CC(C)(CNC(=O)c1cc(I)cc(I)c1I)C(=O)O. The van der Waals surface area contributed by atoms with Crippen molar-refractivity contribution >= 4 is 79.6 Å². The minimum Gasteiger partial charge on any atom is -0.481 e. The maximum Gasteiger partial charge on any atom is 0.310 e. The molecule has 0 atom stereocenters. The van der Waals surface area contributed by atoms with Gasteiger partial charge in [-0.1, -0.05) is 0 Å². The fourth-order valence-corrected chi connectivity index (χ4v) is 3.59. The van der Waals surface area contributed by atoms with Crippen LogP contribution in [0.2, 0.25) is 0 Å². The quantitative estimate of drug-likeness (QED) is 0.413. The molecular weight excluding hydrogens is 587 g/mol. The minimum atomic E-state index is -0.976. The lowest BCUT2D eigenvalue weighted by Gasteiger charge is -2.19. The van der Waals surface area contributed by atoms with Gasteiger partial charge < -0.3 is 10.4 Å². The van der Waals surface area contributed by atoms with Gasteiger partial charge in [0.2, 0.25) is 0 Å². The molecule has 0 bridgehead atoms. The van der Waals surface area contributed by atoms with Crippen molar-refractivity contribution in [3.05, 3.63) is 28.4 Å². The van der Waals surface area contributed by atoms with E-state index in [1.54, 1.807) is 19.9 Å². The van der Waals surface area contributed by atoms with Crippen molar-refractivity contribution in [1.82, 2.24) is 5.32 Å². The Morgan fingerprint density at radius 1 is 1.26 bits per heavy atom. The third kappa shape index (κ3) is 4.69. The van der Waals surface area contributed by atoms with Crippen molar-refractivity contribution in [1.29, 1.82) is 0 Å². The number of hydrogen-bond acceptors (Lipinski definition) is 2. The molecule has 0 fully saturated rings. The van der Waals surface area contributed by atoms with E-state index in [0.717, 1.165) is 10.7 Å². The second-order valence-corrected chi connectivity index (χ2v) is 8.11. The van der Waals surface area contributed by atoms with Gasteiger partial charge in [0.25, 0.3) is 5.91 Å². The first kappa shape index (κ1) is 17.4. The van der Waals surface area contributed by atoms with Gasteiger partial charge in [-0.05, 0) is 93.8 Å². The van der Waals surface area contributed by atoms with Crippen LogP contribution in [-0.4, -0.2) is 23.5 Å². The van der Waals surface area contributed by atoms with Gasteiger partial charge in [-0.25, -0.2) is 0 Å². The van der Waals surface area contributed by atoms with E-state index in [0.29, 0.717) is 5.56 Å². The Morgan fingerprint density at radius 2 is 1.84 bits per heavy atom. The topological polar surface area (TPSA) is 66.4 Å². The number of carboxylic acids is 1. The third-order valence-corrected chi connectivity index (χ3v) is 6.18. The molecule has 1 amide bonds. The largest absolute Gasteiger partial charge is 0.481 e. The lowest BCUT2D eigenvalue weighted by atomic mass is 9.94. The molecule has 0 radical (unpaired) electrons. The zero-order valence-corrected chi connectivity index (χ0v) is 16.7. The number of benzene rings is 1. The average Bonchev–Trinajstić information content (AvgIpc) is 2.30. The number of aliphatic carboxylic acids is 1. The van der Waals surface area contributed by atoms with Crippen LogP contribution in [0.25, 0.3) is 0 Å². The molecule has 104 valence electrons. The number of carbonyl (C=O) groups is 2. The lowest BCUT2D eigenvalue weighted by Crippen LogP contribution is -2.39. The van der Waals surface area contributed by atoms with Crippen LogP contribution in [0.1, 0.15) is 24.2 Å². The molecule has 0 aromatic heterocycles. The van der Waals surface area contributed by atoms with Gasteiger partial charge >= 0.3 is 5.97 Å². The molecule has 0 aliphatic heterocycles. The standard InChI is InChI=1S/C12H12I3NO3/c1-12(2,11(18)19)5-16-10(17)7-3-6(13)4-8(14)9(7)15/h3-4H,5H2,1-2H3,(H,16,17)(H,18,19). The highest BCUT2D eigenvalue weighted by Crippen LogP contribution is 2.23. The highest BCUT2D eigenvalue weighted by molar-refractivity contribution is 14.1. The Morgan fingerprint density at radius 3 is 2.37 bits per heavy atom. The van der Waals surface area contributed by atoms with Crippen LogP contribution in [0.4, 0.5) is 0 Å². The zero-order valence-electron chi connectivity index (χ0n) is 10.3. The predicted molar refractivity (Wildman–Crippen MR) is 98.3 cm³/mol. The molecule has 0 aliphatic carbocycles. The summed E-state index contributed by atoms with van der Waals surface area (Å²) in [5.41, 5.74) is -0.394. The fraction of sp³-hybridized carbons (Fsp3) is 0.333. The van der Waals surface area contributed by atoms with E-state index in [9.17, 15) is 9.59 Å². The van der Waals surface area contributed by atoms with E-state index in [1.165, 1.54) is 0 Å². The van der Waals surface area contributed by atoms with E-state index >= 15 is 0 Å². The van der Waals surface area contributed by atoms with Crippen molar-refractivity contribution < 1.29 is 14.7 Å². The van der Waals surface area contributed by atoms with Crippen molar-refractivity contribution in [2.24, 2.45) is 5.41 Å². The van der Waals surface area contributed by atoms with Crippen LogP contribution in [0.3, 0.4) is 0 Å². The van der Waals surface area contributed by atoms with E-state index in [2.05, 4.69) is 73.1 Å². The van der Waals surface area contributed by atoms with Crippen molar-refractivity contribution in [2.75, 3.05) is 6.54 Å². The van der Waals surface area contributed by atoms with Crippen molar-refractivity contribution in [3.8, 4) is 0 Å². The van der Waals surface area contributed by atoms with Crippen LogP contribution < -0.4 is 5.32 Å². The maximum atomic E-state index is 12.1. The first-order chi connectivity index (χ1) is 8.65. The van der Waals surface area contributed by atoms with E-state index < -0.39 is 11.4 Å². The van der Waals surface area contributed by atoms with Gasteiger partial charge in [-0.2, -0.15) is 0 Å². The highest BCUT2D eigenvalue weighted by atomic mass is 127. The molecule has 1 rings (SSSR count). The number of amides is 1. The molecule has 7 heteroatoms. The Bertz CT molecular complexity index is 529. The number of halogens is 3. The number of rotatable bonds is 4. The van der Waals surface area contributed by atoms with Gasteiger partial charge in [-0.3, -0.25) is 9.59 Å². The second-order valence-electron chi connectivity index (χ2n) is 4.62. The monoisotopic (exact) mass is 599 g/mol. The fourth-order valence-electron chi connectivity index (χ4n) is 1.19. The lowest BCUT2D eigenvalue weighted by molar-refractivity contribution is -0.146. The maximum absolute atomic E-state index is 12.1. The molecule has 1 aromatic rings. The summed E-state index contributed by atoms with van der Waals surface area (Å²) >= 11 is 6.45. The molecule has 4 nitrogen and oxygen atoms in total. The summed E-state index contributed by atoms with van der Waals surface area (Å²) in [7, 11) is 0. The Kier molecular flexibility index (Phi) is 6.29. The van der Waals surface area contributed by atoms with E-state index in [4.69, 9.17) is 5.11 Å². The second kappa shape index (κ2) is 6.87. The molecule has 0 saturated carbocycles. The van der Waals surface area contributed by atoms with Crippen LogP contribution in [0, 0.1) is 16.1 Å². The minimum absolute atomic E-state index is 0.0965. The van der Waals surface area contributed by atoms with Gasteiger partial charge in [0.05, 0.1) is 11.0 Å². The molecule has 0 unspecified atom stereocenters. The average molecular weight is 599 g/mol. The van der Waals surface area contributed by atoms with Crippen LogP contribution in [0.5, 0.6) is 0 Å². The van der Waals surface area contributed by atoms with E-state index in [1.807, 2.05) is 6.07 Å². The summed E-state index contributed by atoms with van der Waals surface area (Å²) in [5, 5.41) is 11.7. The summed E-state index contributed by atoms with van der Waals surface area (Å²) in [5.74, 6) is -1.17. The summed E-state index contributed by atoms with van der Waals surface area (Å²) in [6.07, 6.45) is 0. The van der Waals surface area contributed by atoms with E-state index in [-0.39, 0.29) is 12.5 Å². The summed E-state index contributed by atoms with van der Waals surface area (Å²) < 4.78 is 2.86. The summed E-state index contributed by atoms with van der Waals surface area (Å²) in [4.78, 5) is 23.1. The Labute approximate surface area is 152 Å². The molecule has 0 spiro atoms. The molecule has 0 heterocycles. The van der Waals surface area contributed by atoms with Gasteiger partial charge in [0, 0.05) is 17.3 Å². The van der Waals surface area contributed by atoms with Crippen LogP contribution in [-0.2, 0) is 4.79 Å². The molecule has 2 N–H and O–H groups in total. The predicted octanol–water partition coefficient (Wildman–Crippen LogP) is 3.34. The molecular formula is C12H12I3NO3. The molecule has 1 aromatic carbocycles. The molecule has 0 saturated heterocycles. The summed E-state index contributed by atoms with van der Waals surface area (Å²) in [6.45, 7) is 3.26. The van der Waals surface area contributed by atoms with Crippen molar-refractivity contribution in [3.63, 3.8) is 0 Å². The Balaban J connectivity index is 2.88. The van der Waals surface area contributed by atoms with Gasteiger partial charge in [0.1, 0.15) is 0 Å². The third-order valence-electron chi connectivity index (χ3n) is 2.51. The summed E-state index contributed by atoms with van der Waals surface area (Å²) in [6, 6.07) is 3.79. The Hall–Kier alpha value is 0.350. The first-order valence-electron chi connectivity index (χ1n) is 5.31. The number of carboxylic acid groups (broad SMARTS) is 1. The van der Waals surface area contributed by atoms with Crippen molar-refractivity contribution in [2.45, 2.75) is 13.8 Å².